The lowest BCUT2D eigenvalue weighted by molar-refractivity contribution is -0.144. The van der Waals surface area contributed by atoms with E-state index in [0.29, 0.717) is 26.1 Å². The Hall–Kier alpha value is -1.58. The van der Waals surface area contributed by atoms with Crippen LogP contribution in [0.25, 0.3) is 0 Å². The molecule has 0 saturated heterocycles. The molecule has 0 amide bonds. The highest BCUT2D eigenvalue weighted by Gasteiger charge is 2.15. The van der Waals surface area contributed by atoms with Crippen molar-refractivity contribution in [3.63, 3.8) is 0 Å². The topological polar surface area (TPSA) is 52.6 Å². The Morgan fingerprint density at radius 1 is 0.355 bits per heavy atom. The van der Waals surface area contributed by atoms with Gasteiger partial charge in [0.2, 0.25) is 0 Å². The Labute approximate surface area is 389 Å². The minimum absolute atomic E-state index is 0.00464. The molecule has 0 spiro atoms. The van der Waals surface area contributed by atoms with Crippen LogP contribution in [-0.4, -0.2) is 25.2 Å². The first-order valence-corrected chi connectivity index (χ1v) is 28.0. The molecule has 0 rings (SSSR count). The van der Waals surface area contributed by atoms with Crippen molar-refractivity contribution in [1.29, 1.82) is 0 Å². The van der Waals surface area contributed by atoms with E-state index in [1.807, 2.05) is 0 Å². The van der Waals surface area contributed by atoms with Crippen LogP contribution in [0.1, 0.15) is 304 Å². The van der Waals surface area contributed by atoms with Gasteiger partial charge in [0.15, 0.2) is 0 Å². The molecule has 0 bridgehead atoms. The number of hydrogen-bond donors (Lipinski definition) is 0. The fraction of sp³-hybridized carbons (Fsp3) is 0.897. The molecule has 0 aliphatic carbocycles. The third-order valence-corrected chi connectivity index (χ3v) is 13.3. The molecule has 0 saturated carbocycles. The first-order valence-electron chi connectivity index (χ1n) is 28.0. The number of hydrogen-bond acceptors (Lipinski definition) is 4. The van der Waals surface area contributed by atoms with E-state index >= 15 is 0 Å². The Bertz CT molecular complexity index is 968. The van der Waals surface area contributed by atoms with E-state index in [2.05, 4.69) is 58.9 Å². The van der Waals surface area contributed by atoms with E-state index in [-0.39, 0.29) is 11.9 Å². The van der Waals surface area contributed by atoms with Gasteiger partial charge in [0.05, 0.1) is 13.2 Å². The molecule has 2 atom stereocenters. The lowest BCUT2D eigenvalue weighted by Crippen LogP contribution is -2.11. The predicted octanol–water partition coefficient (Wildman–Crippen LogP) is 19.5. The summed E-state index contributed by atoms with van der Waals surface area (Å²) in [6.45, 7) is 13.0. The van der Waals surface area contributed by atoms with Crippen LogP contribution in [0.5, 0.6) is 0 Å². The number of rotatable bonds is 50. The Morgan fingerprint density at radius 2 is 0.677 bits per heavy atom. The number of esters is 2. The van der Waals surface area contributed by atoms with Gasteiger partial charge in [-0.2, -0.15) is 0 Å². The normalized spacial score (nSPS) is 12.9. The van der Waals surface area contributed by atoms with Crippen molar-refractivity contribution in [2.75, 3.05) is 13.2 Å². The summed E-state index contributed by atoms with van der Waals surface area (Å²) in [6, 6.07) is 0. The molecule has 0 aromatic rings. The Morgan fingerprint density at radius 3 is 1.06 bits per heavy atom. The first-order chi connectivity index (χ1) is 30.4. The average Bonchev–Trinajstić information content (AvgIpc) is 3.26. The van der Waals surface area contributed by atoms with Crippen molar-refractivity contribution < 1.29 is 19.1 Å². The van der Waals surface area contributed by atoms with Crippen molar-refractivity contribution >= 4 is 11.9 Å². The maximum Gasteiger partial charge on any atom is 0.305 e. The summed E-state index contributed by atoms with van der Waals surface area (Å²) in [4.78, 5) is 24.3. The Kier molecular flexibility index (Phi) is 49.1. The molecule has 0 heterocycles. The summed E-state index contributed by atoms with van der Waals surface area (Å²) < 4.78 is 11.0. The van der Waals surface area contributed by atoms with E-state index in [1.165, 1.54) is 218 Å². The van der Waals surface area contributed by atoms with Crippen LogP contribution in [0.15, 0.2) is 24.3 Å². The molecule has 0 aliphatic rings. The van der Waals surface area contributed by atoms with Crippen LogP contribution < -0.4 is 0 Å². The molecular weight excluding hydrogens is 761 g/mol. The number of allylic oxidation sites excluding steroid dienone is 4. The van der Waals surface area contributed by atoms with E-state index in [1.54, 1.807) is 0 Å². The zero-order chi connectivity index (χ0) is 45.2. The Balaban J connectivity index is 3.58. The fourth-order valence-electron chi connectivity index (χ4n) is 8.81. The van der Waals surface area contributed by atoms with Crippen LogP contribution in [0.2, 0.25) is 0 Å². The smallest absolute Gasteiger partial charge is 0.305 e. The van der Waals surface area contributed by atoms with Gasteiger partial charge in [-0.05, 0) is 101 Å². The van der Waals surface area contributed by atoms with Gasteiger partial charge in [0.1, 0.15) is 0 Å². The summed E-state index contributed by atoms with van der Waals surface area (Å²) in [5.74, 6) is 2.43. The van der Waals surface area contributed by atoms with Crippen molar-refractivity contribution in [1.82, 2.24) is 0 Å². The highest BCUT2D eigenvalue weighted by Crippen LogP contribution is 2.28. The first kappa shape index (κ1) is 60.4. The molecule has 4 heteroatoms. The van der Waals surface area contributed by atoms with Crippen LogP contribution in [-0.2, 0) is 19.1 Å². The molecule has 2 unspecified atom stereocenters. The zero-order valence-electron chi connectivity index (χ0n) is 42.8. The molecule has 366 valence electrons. The third kappa shape index (κ3) is 47.9. The molecule has 0 N–H and O–H groups in total. The lowest BCUT2D eigenvalue weighted by Gasteiger charge is -2.23. The van der Waals surface area contributed by atoms with Gasteiger partial charge in [0.25, 0.3) is 0 Å². The second kappa shape index (κ2) is 50.4. The largest absolute Gasteiger partial charge is 0.466 e. The van der Waals surface area contributed by atoms with Crippen molar-refractivity contribution in [2.45, 2.75) is 304 Å². The van der Waals surface area contributed by atoms with Crippen molar-refractivity contribution in [3.8, 4) is 0 Å². The second-order valence-corrected chi connectivity index (χ2v) is 19.9. The van der Waals surface area contributed by atoms with E-state index in [9.17, 15) is 9.59 Å². The number of carbonyl (C=O) groups excluding carboxylic acids is 2. The quantitative estimate of drug-likeness (QED) is 0.0347. The molecule has 0 aliphatic heterocycles. The summed E-state index contributed by atoms with van der Waals surface area (Å²) >= 11 is 0. The highest BCUT2D eigenvalue weighted by atomic mass is 16.5. The number of carbonyl (C=O) groups is 2. The maximum atomic E-state index is 12.1. The molecule has 0 fully saturated rings. The molecular formula is C58H110O4. The maximum absolute atomic E-state index is 12.1. The van der Waals surface area contributed by atoms with Gasteiger partial charge in [0, 0.05) is 12.8 Å². The molecule has 0 radical (unpaired) electrons. The fourth-order valence-corrected chi connectivity index (χ4v) is 8.81. The van der Waals surface area contributed by atoms with E-state index in [0.717, 1.165) is 56.3 Å². The zero-order valence-corrected chi connectivity index (χ0v) is 42.8. The van der Waals surface area contributed by atoms with Gasteiger partial charge in [-0.25, -0.2) is 0 Å². The lowest BCUT2D eigenvalue weighted by atomic mass is 9.83. The highest BCUT2D eigenvalue weighted by molar-refractivity contribution is 5.69. The molecule has 4 nitrogen and oxygen atoms in total. The van der Waals surface area contributed by atoms with Gasteiger partial charge >= 0.3 is 11.9 Å². The standard InChI is InChI=1S/C58H110O4/c1-6-8-10-12-14-16-18-20-22-24-26-28-30-36-42-48-57(59)61-52-44-38-32-34-40-46-55(5)50-51-56(54(3)4)47-41-35-33-39-45-53-62-58(60)49-43-37-31-29-27-25-23-21-19-17-15-13-11-9-7-2/h20-23,54-56H,6-19,24-53H2,1-5H3/b22-20-,23-21-. The monoisotopic (exact) mass is 871 g/mol. The van der Waals surface area contributed by atoms with Crippen LogP contribution in [0.3, 0.4) is 0 Å². The third-order valence-electron chi connectivity index (χ3n) is 13.3. The predicted molar refractivity (Wildman–Crippen MR) is 273 cm³/mol. The molecule has 62 heavy (non-hydrogen) atoms. The molecule has 0 aromatic heterocycles. The van der Waals surface area contributed by atoms with Gasteiger partial charge in [-0.15, -0.1) is 0 Å². The summed E-state index contributed by atoms with van der Waals surface area (Å²) in [5.41, 5.74) is 0. The van der Waals surface area contributed by atoms with Gasteiger partial charge in [-0.3, -0.25) is 9.59 Å². The minimum Gasteiger partial charge on any atom is -0.466 e. The average molecular weight is 872 g/mol. The second-order valence-electron chi connectivity index (χ2n) is 19.9. The summed E-state index contributed by atoms with van der Waals surface area (Å²) in [7, 11) is 0. The van der Waals surface area contributed by atoms with Crippen LogP contribution in [0, 0.1) is 17.8 Å². The summed E-state index contributed by atoms with van der Waals surface area (Å²) in [5, 5.41) is 0. The number of unbranched alkanes of at least 4 members (excludes halogenated alkanes) is 30. The van der Waals surface area contributed by atoms with Crippen molar-refractivity contribution in [2.24, 2.45) is 17.8 Å². The van der Waals surface area contributed by atoms with Crippen LogP contribution >= 0.6 is 0 Å². The molecule has 0 aromatic carbocycles. The van der Waals surface area contributed by atoms with Gasteiger partial charge < -0.3 is 9.47 Å². The summed E-state index contributed by atoms with van der Waals surface area (Å²) in [6.07, 6.45) is 61.5. The minimum atomic E-state index is 0.00464. The van der Waals surface area contributed by atoms with E-state index < -0.39 is 0 Å². The van der Waals surface area contributed by atoms with Crippen molar-refractivity contribution in [3.05, 3.63) is 24.3 Å². The van der Waals surface area contributed by atoms with Gasteiger partial charge in [-0.1, -0.05) is 232 Å². The number of ether oxygens (including phenoxy) is 2. The van der Waals surface area contributed by atoms with E-state index in [4.69, 9.17) is 9.47 Å². The van der Waals surface area contributed by atoms with Crippen LogP contribution in [0.4, 0.5) is 0 Å². The SMILES string of the molecule is CCCCCCCC/C=C\CCCCCCCC(=O)OCCCCCCCC(C)CCC(CCCCCCCOC(=O)CCCCCCC/C=C\CCCCCCCC)C(C)C.